The number of carbonyl (C=O) groups is 2. The Morgan fingerprint density at radius 2 is 1.78 bits per heavy atom. The number of benzene rings is 1. The molecule has 1 aromatic heterocycles. The number of hydrogen-bond donors (Lipinski definition) is 2. The third-order valence-electron chi connectivity index (χ3n) is 4.34. The van der Waals surface area contributed by atoms with Crippen molar-refractivity contribution in [1.82, 2.24) is 25.6 Å². The van der Waals surface area contributed by atoms with Crippen molar-refractivity contribution >= 4 is 11.8 Å². The number of amides is 2. The molecule has 2 aromatic rings. The first kappa shape index (κ1) is 20.6. The molecule has 1 aromatic carbocycles. The van der Waals surface area contributed by atoms with Gasteiger partial charge >= 0.3 is 0 Å². The molecule has 27 heavy (non-hydrogen) atoms. The smallest absolute Gasteiger partial charge is 0.251 e. The first-order chi connectivity index (χ1) is 12.6. The zero-order chi connectivity index (χ0) is 20.2. The van der Waals surface area contributed by atoms with E-state index in [1.54, 1.807) is 25.4 Å². The molecule has 2 N–H and O–H groups in total. The predicted molar refractivity (Wildman–Crippen MR) is 104 cm³/mol. The lowest BCUT2D eigenvalue weighted by Gasteiger charge is -2.22. The van der Waals surface area contributed by atoms with Gasteiger partial charge in [0.2, 0.25) is 5.91 Å². The Labute approximate surface area is 160 Å². The van der Waals surface area contributed by atoms with Crippen LogP contribution in [0.1, 0.15) is 56.2 Å². The Balaban J connectivity index is 2.01. The second-order valence-electron chi connectivity index (χ2n) is 8.07. The maximum Gasteiger partial charge on any atom is 0.251 e. The molecule has 0 fully saturated rings. The van der Waals surface area contributed by atoms with Crippen LogP contribution in [-0.4, -0.2) is 32.9 Å². The zero-order valence-corrected chi connectivity index (χ0v) is 16.9. The first-order valence-corrected chi connectivity index (χ1v) is 9.12. The van der Waals surface area contributed by atoms with Gasteiger partial charge in [-0.2, -0.15) is 15.0 Å². The molecule has 0 bridgehead atoms. The standard InChI is InChI=1S/C20H29N5O2/c1-13(2)17(19(27)21-11-16-12-22-25(6)24-16)23-18(26)14-7-9-15(10-8-14)20(3,4)5/h7-10,12-13,17H,11H2,1-6H3,(H,21,27)(H,23,26). The Hall–Kier alpha value is -2.70. The number of aromatic nitrogens is 3. The Morgan fingerprint density at radius 3 is 2.26 bits per heavy atom. The molecule has 2 rings (SSSR count). The second-order valence-corrected chi connectivity index (χ2v) is 8.07. The summed E-state index contributed by atoms with van der Waals surface area (Å²) in [5.74, 6) is -0.552. The maximum atomic E-state index is 12.6. The van der Waals surface area contributed by atoms with E-state index >= 15 is 0 Å². The summed E-state index contributed by atoms with van der Waals surface area (Å²) < 4.78 is 0. The highest BCUT2D eigenvalue weighted by Crippen LogP contribution is 2.22. The van der Waals surface area contributed by atoms with Gasteiger partial charge in [0, 0.05) is 12.6 Å². The summed E-state index contributed by atoms with van der Waals surface area (Å²) in [6, 6.07) is 6.87. The molecule has 1 atom stereocenters. The fourth-order valence-electron chi connectivity index (χ4n) is 2.64. The lowest BCUT2D eigenvalue weighted by Crippen LogP contribution is -2.49. The van der Waals surface area contributed by atoms with Crippen molar-refractivity contribution in [2.45, 2.75) is 52.6 Å². The van der Waals surface area contributed by atoms with E-state index in [0.717, 1.165) is 5.56 Å². The molecule has 0 saturated heterocycles. The second kappa shape index (κ2) is 8.33. The quantitative estimate of drug-likeness (QED) is 0.815. The van der Waals surface area contributed by atoms with Crippen molar-refractivity contribution in [1.29, 1.82) is 0 Å². The summed E-state index contributed by atoms with van der Waals surface area (Å²) in [4.78, 5) is 26.6. The topological polar surface area (TPSA) is 88.9 Å². The summed E-state index contributed by atoms with van der Waals surface area (Å²) in [5.41, 5.74) is 2.38. The van der Waals surface area contributed by atoms with Crippen molar-refractivity contribution in [3.05, 3.63) is 47.3 Å². The van der Waals surface area contributed by atoms with Crippen LogP contribution >= 0.6 is 0 Å². The third kappa shape index (κ3) is 5.64. The van der Waals surface area contributed by atoms with E-state index in [-0.39, 0.29) is 29.7 Å². The minimum absolute atomic E-state index is 0.0235. The first-order valence-electron chi connectivity index (χ1n) is 9.12. The molecule has 0 saturated carbocycles. The van der Waals surface area contributed by atoms with Gasteiger partial charge in [-0.05, 0) is 29.0 Å². The number of rotatable bonds is 6. The molecule has 0 aliphatic carbocycles. The van der Waals surface area contributed by atoms with Gasteiger partial charge in [-0.1, -0.05) is 46.8 Å². The minimum atomic E-state index is -0.628. The number of hydrogen-bond acceptors (Lipinski definition) is 4. The van der Waals surface area contributed by atoms with Crippen LogP contribution in [0.3, 0.4) is 0 Å². The number of nitrogens with zero attached hydrogens (tertiary/aromatic N) is 3. The average molecular weight is 371 g/mol. The number of nitrogens with one attached hydrogen (secondary N) is 2. The highest BCUT2D eigenvalue weighted by molar-refractivity contribution is 5.97. The molecule has 0 radical (unpaired) electrons. The Bertz CT molecular complexity index is 787. The molecule has 0 aliphatic rings. The Kier molecular flexibility index (Phi) is 6.36. The fourth-order valence-corrected chi connectivity index (χ4v) is 2.64. The van der Waals surface area contributed by atoms with Crippen molar-refractivity contribution in [3.8, 4) is 0 Å². The van der Waals surface area contributed by atoms with Gasteiger partial charge in [0.05, 0.1) is 12.7 Å². The lowest BCUT2D eigenvalue weighted by molar-refractivity contribution is -0.124. The van der Waals surface area contributed by atoms with E-state index in [4.69, 9.17) is 0 Å². The van der Waals surface area contributed by atoms with Crippen LogP contribution in [0.5, 0.6) is 0 Å². The van der Waals surface area contributed by atoms with Crippen LogP contribution in [0.25, 0.3) is 0 Å². The van der Waals surface area contributed by atoms with Crippen molar-refractivity contribution in [2.75, 3.05) is 0 Å². The highest BCUT2D eigenvalue weighted by atomic mass is 16.2. The van der Waals surface area contributed by atoms with Gasteiger partial charge in [-0.3, -0.25) is 9.59 Å². The molecule has 7 nitrogen and oxygen atoms in total. The predicted octanol–water partition coefficient (Wildman–Crippen LogP) is 2.18. The third-order valence-corrected chi connectivity index (χ3v) is 4.34. The molecule has 1 unspecified atom stereocenters. The van der Waals surface area contributed by atoms with E-state index < -0.39 is 6.04 Å². The normalized spacial score (nSPS) is 12.7. The molecule has 146 valence electrons. The summed E-state index contributed by atoms with van der Waals surface area (Å²) >= 11 is 0. The molecule has 1 heterocycles. The fraction of sp³-hybridized carbons (Fsp3) is 0.500. The van der Waals surface area contributed by atoms with Gasteiger partial charge in [0.25, 0.3) is 5.91 Å². The lowest BCUT2D eigenvalue weighted by atomic mass is 9.86. The van der Waals surface area contributed by atoms with E-state index in [1.165, 1.54) is 4.80 Å². The highest BCUT2D eigenvalue weighted by Gasteiger charge is 2.25. The van der Waals surface area contributed by atoms with Crippen LogP contribution in [0.4, 0.5) is 0 Å². The molecule has 0 aliphatic heterocycles. The van der Waals surface area contributed by atoms with Crippen LogP contribution in [0.2, 0.25) is 0 Å². The number of aryl methyl sites for hydroxylation is 1. The summed E-state index contributed by atoms with van der Waals surface area (Å²) in [5, 5.41) is 13.7. The zero-order valence-electron chi connectivity index (χ0n) is 16.9. The van der Waals surface area contributed by atoms with Crippen LogP contribution < -0.4 is 10.6 Å². The van der Waals surface area contributed by atoms with Crippen molar-refractivity contribution < 1.29 is 9.59 Å². The summed E-state index contributed by atoms with van der Waals surface area (Å²) in [6.07, 6.45) is 1.60. The van der Waals surface area contributed by atoms with E-state index in [0.29, 0.717) is 11.3 Å². The molecular formula is C20H29N5O2. The van der Waals surface area contributed by atoms with Gasteiger partial charge in [-0.25, -0.2) is 0 Å². The molecule has 2 amide bonds. The van der Waals surface area contributed by atoms with Crippen LogP contribution in [-0.2, 0) is 23.8 Å². The van der Waals surface area contributed by atoms with E-state index in [2.05, 4.69) is 41.6 Å². The largest absolute Gasteiger partial charge is 0.349 e. The van der Waals surface area contributed by atoms with Gasteiger partial charge in [-0.15, -0.1) is 0 Å². The van der Waals surface area contributed by atoms with Crippen LogP contribution in [0.15, 0.2) is 30.5 Å². The van der Waals surface area contributed by atoms with Gasteiger partial charge in [0.1, 0.15) is 11.7 Å². The maximum absolute atomic E-state index is 12.6. The minimum Gasteiger partial charge on any atom is -0.349 e. The SMILES string of the molecule is CC(C)C(NC(=O)c1ccc(C(C)(C)C)cc1)C(=O)NCc1cnn(C)n1. The summed E-state index contributed by atoms with van der Waals surface area (Å²) in [6.45, 7) is 10.4. The van der Waals surface area contributed by atoms with Gasteiger partial charge < -0.3 is 10.6 Å². The van der Waals surface area contributed by atoms with Crippen LogP contribution in [0, 0.1) is 5.92 Å². The van der Waals surface area contributed by atoms with Crippen molar-refractivity contribution in [2.24, 2.45) is 13.0 Å². The van der Waals surface area contributed by atoms with E-state index in [9.17, 15) is 9.59 Å². The molecular weight excluding hydrogens is 342 g/mol. The Morgan fingerprint density at radius 1 is 1.15 bits per heavy atom. The summed E-state index contributed by atoms with van der Waals surface area (Å²) in [7, 11) is 1.72. The van der Waals surface area contributed by atoms with E-state index in [1.807, 2.05) is 26.0 Å². The average Bonchev–Trinajstić information content (AvgIpc) is 3.01. The number of carbonyl (C=O) groups excluding carboxylic acids is 2. The monoisotopic (exact) mass is 371 g/mol. The van der Waals surface area contributed by atoms with Gasteiger partial charge in [0.15, 0.2) is 0 Å². The molecule has 0 spiro atoms. The van der Waals surface area contributed by atoms with Crippen molar-refractivity contribution in [3.63, 3.8) is 0 Å². The molecule has 7 heteroatoms.